The summed E-state index contributed by atoms with van der Waals surface area (Å²) < 4.78 is 27.3. The van der Waals surface area contributed by atoms with Crippen LogP contribution in [-0.4, -0.2) is 37.9 Å². The molecule has 0 aliphatic heterocycles. The van der Waals surface area contributed by atoms with Gasteiger partial charge in [-0.05, 0) is 36.9 Å². The Morgan fingerprint density at radius 2 is 2.00 bits per heavy atom. The van der Waals surface area contributed by atoms with Crippen LogP contribution >= 0.6 is 23.4 Å². The monoisotopic (exact) mass is 447 g/mol. The third kappa shape index (κ3) is 4.23. The first-order valence-electron chi connectivity index (χ1n) is 8.98. The lowest BCUT2D eigenvalue weighted by molar-refractivity contribution is 0.208. The standard InChI is InChI=1S/C20H16ClF2N5OS/c1-10(29)9-24-18-16-17(12-4-2-3-5-13(12)21)27-28-19(16)26-20(25-18)30-15-7-6-11(22)8-14(15)23/h2-8,10,29H,9H2,1H3,(H2,24,25,26,27,28)/t10-/m0/s1. The molecule has 30 heavy (non-hydrogen) atoms. The highest BCUT2D eigenvalue weighted by Gasteiger charge is 2.19. The molecule has 0 radical (unpaired) electrons. The van der Waals surface area contributed by atoms with Gasteiger partial charge in [0.15, 0.2) is 10.8 Å². The Kier molecular flexibility index (Phi) is 5.85. The number of hydrogen-bond acceptors (Lipinski definition) is 6. The van der Waals surface area contributed by atoms with Gasteiger partial charge in [0.25, 0.3) is 0 Å². The van der Waals surface area contributed by atoms with Gasteiger partial charge in [-0.25, -0.2) is 18.7 Å². The van der Waals surface area contributed by atoms with E-state index in [1.807, 2.05) is 18.2 Å². The Labute approximate surface area is 179 Å². The Bertz CT molecular complexity index is 1220. The average molecular weight is 448 g/mol. The van der Waals surface area contributed by atoms with Crippen LogP contribution < -0.4 is 5.32 Å². The highest BCUT2D eigenvalue weighted by atomic mass is 35.5. The zero-order valence-corrected chi connectivity index (χ0v) is 17.2. The van der Waals surface area contributed by atoms with Crippen molar-refractivity contribution in [2.45, 2.75) is 23.1 Å². The van der Waals surface area contributed by atoms with Crippen LogP contribution in [0.1, 0.15) is 6.92 Å². The molecular formula is C20H16ClF2N5OS. The molecule has 0 saturated heterocycles. The van der Waals surface area contributed by atoms with E-state index >= 15 is 0 Å². The SMILES string of the molecule is C[C@H](O)CNc1nc(Sc2ccc(F)cc2F)nc2[nH]nc(-c3ccccc3Cl)c12. The molecule has 0 saturated carbocycles. The molecule has 2 aromatic carbocycles. The molecule has 0 unspecified atom stereocenters. The molecule has 6 nitrogen and oxygen atoms in total. The first kappa shape index (κ1) is 20.5. The Morgan fingerprint density at radius 3 is 2.73 bits per heavy atom. The minimum absolute atomic E-state index is 0.183. The summed E-state index contributed by atoms with van der Waals surface area (Å²) in [5.74, 6) is -0.955. The van der Waals surface area contributed by atoms with Gasteiger partial charge in [-0.2, -0.15) is 5.10 Å². The van der Waals surface area contributed by atoms with Gasteiger partial charge in [0.05, 0.1) is 21.4 Å². The van der Waals surface area contributed by atoms with Gasteiger partial charge >= 0.3 is 0 Å². The van der Waals surface area contributed by atoms with Crippen LogP contribution in [0.3, 0.4) is 0 Å². The van der Waals surface area contributed by atoms with Crippen molar-refractivity contribution in [3.8, 4) is 11.3 Å². The summed E-state index contributed by atoms with van der Waals surface area (Å²) in [6.07, 6.45) is -0.628. The van der Waals surface area contributed by atoms with Crippen molar-refractivity contribution in [3.05, 3.63) is 59.1 Å². The first-order chi connectivity index (χ1) is 14.4. The molecule has 4 aromatic rings. The van der Waals surface area contributed by atoms with Crippen molar-refractivity contribution in [1.82, 2.24) is 20.2 Å². The number of aliphatic hydroxyl groups excluding tert-OH is 1. The van der Waals surface area contributed by atoms with E-state index in [-0.39, 0.29) is 16.6 Å². The lowest BCUT2D eigenvalue weighted by Crippen LogP contribution is -2.16. The van der Waals surface area contributed by atoms with Crippen LogP contribution in [0, 0.1) is 11.6 Å². The van der Waals surface area contributed by atoms with Crippen LogP contribution in [0.4, 0.5) is 14.6 Å². The largest absolute Gasteiger partial charge is 0.392 e. The fourth-order valence-electron chi connectivity index (χ4n) is 2.83. The smallest absolute Gasteiger partial charge is 0.196 e. The molecule has 3 N–H and O–H groups in total. The molecule has 0 amide bonds. The number of nitrogens with one attached hydrogen (secondary N) is 2. The van der Waals surface area contributed by atoms with Crippen molar-refractivity contribution < 1.29 is 13.9 Å². The van der Waals surface area contributed by atoms with Crippen molar-refractivity contribution in [3.63, 3.8) is 0 Å². The predicted molar refractivity (Wildman–Crippen MR) is 113 cm³/mol. The highest BCUT2D eigenvalue weighted by Crippen LogP contribution is 2.36. The number of aromatic nitrogens is 4. The molecule has 4 rings (SSSR count). The maximum absolute atomic E-state index is 14.1. The summed E-state index contributed by atoms with van der Waals surface area (Å²) in [4.78, 5) is 9.09. The Hall–Kier alpha value is -2.75. The van der Waals surface area contributed by atoms with Crippen LogP contribution in [-0.2, 0) is 0 Å². The average Bonchev–Trinajstić information content (AvgIpc) is 3.12. The quantitative estimate of drug-likeness (QED) is 0.365. The third-order valence-electron chi connectivity index (χ3n) is 4.19. The van der Waals surface area contributed by atoms with E-state index in [0.29, 0.717) is 33.1 Å². The van der Waals surface area contributed by atoms with Crippen molar-refractivity contribution in [2.75, 3.05) is 11.9 Å². The van der Waals surface area contributed by atoms with Crippen LogP contribution in [0.15, 0.2) is 52.5 Å². The molecule has 0 aliphatic carbocycles. The number of aromatic amines is 1. The summed E-state index contributed by atoms with van der Waals surface area (Å²) in [6, 6.07) is 10.5. The Morgan fingerprint density at radius 1 is 1.20 bits per heavy atom. The summed E-state index contributed by atoms with van der Waals surface area (Å²) in [7, 11) is 0. The number of aliphatic hydroxyl groups is 1. The van der Waals surface area contributed by atoms with Crippen LogP contribution in [0.25, 0.3) is 22.3 Å². The van der Waals surface area contributed by atoms with Gasteiger partial charge in [-0.1, -0.05) is 29.8 Å². The van der Waals surface area contributed by atoms with Crippen LogP contribution in [0.5, 0.6) is 0 Å². The maximum atomic E-state index is 14.1. The number of halogens is 3. The number of fused-ring (bicyclic) bond motifs is 1. The number of benzene rings is 2. The van der Waals surface area contributed by atoms with Gasteiger partial charge in [-0.3, -0.25) is 5.10 Å². The summed E-state index contributed by atoms with van der Waals surface area (Å²) >= 11 is 7.29. The number of H-pyrrole nitrogens is 1. The van der Waals surface area contributed by atoms with Crippen molar-refractivity contribution >= 4 is 40.2 Å². The number of hydrogen-bond donors (Lipinski definition) is 3. The lowest BCUT2D eigenvalue weighted by atomic mass is 10.1. The predicted octanol–water partition coefficient (Wildman–Crippen LogP) is 4.90. The second kappa shape index (κ2) is 8.55. The van der Waals surface area contributed by atoms with E-state index in [4.69, 9.17) is 11.6 Å². The van der Waals surface area contributed by atoms with Crippen molar-refractivity contribution in [1.29, 1.82) is 0 Å². The lowest BCUT2D eigenvalue weighted by Gasteiger charge is -2.11. The number of anilines is 1. The zero-order valence-electron chi connectivity index (χ0n) is 15.7. The van der Waals surface area contributed by atoms with Crippen molar-refractivity contribution in [2.24, 2.45) is 0 Å². The maximum Gasteiger partial charge on any atom is 0.196 e. The topological polar surface area (TPSA) is 86.7 Å². The van der Waals surface area contributed by atoms with E-state index in [0.717, 1.165) is 17.8 Å². The molecule has 0 bridgehead atoms. The van der Waals surface area contributed by atoms with E-state index < -0.39 is 17.7 Å². The summed E-state index contributed by atoms with van der Waals surface area (Å²) in [6.45, 7) is 1.87. The molecule has 2 heterocycles. The second-order valence-electron chi connectivity index (χ2n) is 6.54. The minimum atomic E-state index is -0.705. The van der Waals surface area contributed by atoms with Gasteiger partial charge in [0.1, 0.15) is 23.1 Å². The molecule has 10 heteroatoms. The third-order valence-corrected chi connectivity index (χ3v) is 5.43. The summed E-state index contributed by atoms with van der Waals surface area (Å²) in [5, 5.41) is 21.3. The molecular weight excluding hydrogens is 432 g/mol. The zero-order chi connectivity index (χ0) is 21.3. The second-order valence-corrected chi connectivity index (χ2v) is 7.95. The molecule has 0 fully saturated rings. The van der Waals surface area contributed by atoms with Gasteiger partial charge < -0.3 is 10.4 Å². The van der Waals surface area contributed by atoms with Gasteiger partial charge in [-0.15, -0.1) is 0 Å². The van der Waals surface area contributed by atoms with Crippen LogP contribution in [0.2, 0.25) is 5.02 Å². The first-order valence-corrected chi connectivity index (χ1v) is 10.2. The number of nitrogens with zero attached hydrogens (tertiary/aromatic N) is 3. The van der Waals surface area contributed by atoms with Gasteiger partial charge in [0, 0.05) is 18.2 Å². The molecule has 2 aromatic heterocycles. The van der Waals surface area contributed by atoms with E-state index in [1.54, 1.807) is 13.0 Å². The summed E-state index contributed by atoms with van der Waals surface area (Å²) in [5.41, 5.74) is 1.66. The van der Waals surface area contributed by atoms with E-state index in [2.05, 4.69) is 25.5 Å². The Balaban J connectivity index is 1.82. The number of rotatable bonds is 6. The molecule has 0 spiro atoms. The normalized spacial score (nSPS) is 12.3. The van der Waals surface area contributed by atoms with E-state index in [9.17, 15) is 13.9 Å². The van der Waals surface area contributed by atoms with Gasteiger partial charge in [0.2, 0.25) is 0 Å². The van der Waals surface area contributed by atoms with E-state index in [1.165, 1.54) is 12.1 Å². The molecule has 1 atom stereocenters. The highest BCUT2D eigenvalue weighted by molar-refractivity contribution is 7.99. The fourth-order valence-corrected chi connectivity index (χ4v) is 3.82. The minimum Gasteiger partial charge on any atom is -0.392 e. The fraction of sp³-hybridized carbons (Fsp3) is 0.150. The molecule has 0 aliphatic rings. The molecule has 154 valence electrons.